The van der Waals surface area contributed by atoms with Crippen molar-refractivity contribution in [2.45, 2.75) is 12.6 Å². The van der Waals surface area contributed by atoms with Crippen molar-refractivity contribution in [3.8, 4) is 0 Å². The highest BCUT2D eigenvalue weighted by Gasteiger charge is 2.18. The maximum atomic E-state index is 11.6. The molecule has 0 spiro atoms. The van der Waals surface area contributed by atoms with Crippen molar-refractivity contribution in [1.29, 1.82) is 0 Å². The Labute approximate surface area is 134 Å². The van der Waals surface area contributed by atoms with Crippen LogP contribution >= 0.6 is 0 Å². The summed E-state index contributed by atoms with van der Waals surface area (Å²) in [5.74, 6) is -1.06. The molecule has 1 atom stereocenters. The Morgan fingerprint density at radius 1 is 1.00 bits per heavy atom. The third-order valence-corrected chi connectivity index (χ3v) is 3.08. The SMILES string of the molecule is O=C(NC[C@H](Nc1ccccc1)C(=O)O)OCc1ccccc1. The molecule has 0 aromatic heterocycles. The number of carboxylic acids is 1. The minimum atomic E-state index is -1.06. The summed E-state index contributed by atoms with van der Waals surface area (Å²) in [6, 6.07) is 17.2. The second-order valence-corrected chi connectivity index (χ2v) is 4.84. The van der Waals surface area contributed by atoms with Crippen molar-refractivity contribution in [1.82, 2.24) is 5.32 Å². The highest BCUT2D eigenvalue weighted by Crippen LogP contribution is 2.07. The largest absolute Gasteiger partial charge is 0.480 e. The van der Waals surface area contributed by atoms with E-state index in [2.05, 4.69) is 10.6 Å². The topological polar surface area (TPSA) is 87.7 Å². The van der Waals surface area contributed by atoms with E-state index in [1.807, 2.05) is 36.4 Å². The number of carbonyl (C=O) groups excluding carboxylic acids is 1. The number of alkyl carbamates (subject to hydrolysis) is 1. The summed E-state index contributed by atoms with van der Waals surface area (Å²) in [6.07, 6.45) is -0.657. The Morgan fingerprint density at radius 3 is 2.22 bits per heavy atom. The van der Waals surface area contributed by atoms with Gasteiger partial charge in [-0.05, 0) is 17.7 Å². The number of nitrogens with one attached hydrogen (secondary N) is 2. The van der Waals surface area contributed by atoms with Crippen molar-refractivity contribution in [3.63, 3.8) is 0 Å². The molecule has 120 valence electrons. The first-order chi connectivity index (χ1) is 11.1. The van der Waals surface area contributed by atoms with E-state index in [4.69, 9.17) is 4.74 Å². The molecule has 3 N–H and O–H groups in total. The minimum Gasteiger partial charge on any atom is -0.480 e. The predicted octanol–water partition coefficient (Wildman–Crippen LogP) is 2.48. The number of benzene rings is 2. The van der Waals surface area contributed by atoms with E-state index in [1.54, 1.807) is 24.3 Å². The van der Waals surface area contributed by atoms with Crippen LogP contribution in [0.25, 0.3) is 0 Å². The number of amides is 1. The molecule has 0 aliphatic carbocycles. The van der Waals surface area contributed by atoms with Gasteiger partial charge >= 0.3 is 12.1 Å². The Balaban J connectivity index is 1.79. The first-order valence-corrected chi connectivity index (χ1v) is 7.14. The molecule has 2 aromatic carbocycles. The van der Waals surface area contributed by atoms with Gasteiger partial charge in [0.15, 0.2) is 0 Å². The lowest BCUT2D eigenvalue weighted by Crippen LogP contribution is -2.41. The van der Waals surface area contributed by atoms with Gasteiger partial charge in [-0.25, -0.2) is 9.59 Å². The first kappa shape index (κ1) is 16.4. The second-order valence-electron chi connectivity index (χ2n) is 4.84. The summed E-state index contributed by atoms with van der Waals surface area (Å²) in [4.78, 5) is 22.9. The molecule has 0 fully saturated rings. The fourth-order valence-electron chi connectivity index (χ4n) is 1.90. The fraction of sp³-hybridized carbons (Fsp3) is 0.176. The molecule has 0 saturated heterocycles. The van der Waals surface area contributed by atoms with Crippen LogP contribution in [-0.2, 0) is 16.1 Å². The highest BCUT2D eigenvalue weighted by atomic mass is 16.5. The van der Waals surface area contributed by atoms with E-state index in [0.29, 0.717) is 5.69 Å². The van der Waals surface area contributed by atoms with Crippen LogP contribution in [-0.4, -0.2) is 29.8 Å². The highest BCUT2D eigenvalue weighted by molar-refractivity contribution is 5.78. The Hall–Kier alpha value is -3.02. The van der Waals surface area contributed by atoms with Crippen molar-refractivity contribution < 1.29 is 19.4 Å². The summed E-state index contributed by atoms with van der Waals surface area (Å²) in [5, 5.41) is 14.5. The number of rotatable bonds is 7. The lowest BCUT2D eigenvalue weighted by atomic mass is 10.2. The van der Waals surface area contributed by atoms with E-state index < -0.39 is 18.1 Å². The number of para-hydroxylation sites is 1. The first-order valence-electron chi connectivity index (χ1n) is 7.14. The third kappa shape index (κ3) is 5.70. The molecule has 0 saturated carbocycles. The molecule has 0 aliphatic rings. The van der Waals surface area contributed by atoms with Gasteiger partial charge in [0.25, 0.3) is 0 Å². The number of carboxylic acid groups (broad SMARTS) is 1. The van der Waals surface area contributed by atoms with Gasteiger partial charge < -0.3 is 20.5 Å². The molecule has 0 heterocycles. The van der Waals surface area contributed by atoms with Gasteiger partial charge in [0.1, 0.15) is 12.6 Å². The van der Waals surface area contributed by atoms with Crippen LogP contribution in [0.1, 0.15) is 5.56 Å². The smallest absolute Gasteiger partial charge is 0.407 e. The zero-order valence-corrected chi connectivity index (χ0v) is 12.4. The number of anilines is 1. The molecule has 0 bridgehead atoms. The Morgan fingerprint density at radius 2 is 1.61 bits per heavy atom. The Kier molecular flexibility index (Phi) is 5.99. The molecule has 2 rings (SSSR count). The molecular formula is C17H18N2O4. The van der Waals surface area contributed by atoms with Crippen molar-refractivity contribution in [3.05, 3.63) is 66.2 Å². The molecule has 23 heavy (non-hydrogen) atoms. The molecule has 0 unspecified atom stereocenters. The zero-order chi connectivity index (χ0) is 16.5. The van der Waals surface area contributed by atoms with Gasteiger partial charge in [0.05, 0.1) is 6.54 Å². The second kappa shape index (κ2) is 8.43. The van der Waals surface area contributed by atoms with Crippen LogP contribution in [0.2, 0.25) is 0 Å². The van der Waals surface area contributed by atoms with E-state index in [-0.39, 0.29) is 13.2 Å². The molecule has 2 aromatic rings. The van der Waals surface area contributed by atoms with E-state index in [1.165, 1.54) is 0 Å². The lowest BCUT2D eigenvalue weighted by Gasteiger charge is -2.16. The predicted molar refractivity (Wildman–Crippen MR) is 86.1 cm³/mol. The Bertz CT molecular complexity index is 632. The number of carbonyl (C=O) groups is 2. The van der Waals surface area contributed by atoms with Crippen LogP contribution in [0.15, 0.2) is 60.7 Å². The molecule has 6 heteroatoms. The van der Waals surface area contributed by atoms with Crippen LogP contribution in [0.5, 0.6) is 0 Å². The van der Waals surface area contributed by atoms with E-state index >= 15 is 0 Å². The van der Waals surface area contributed by atoms with Gasteiger partial charge in [-0.15, -0.1) is 0 Å². The summed E-state index contributed by atoms with van der Waals surface area (Å²) >= 11 is 0. The van der Waals surface area contributed by atoms with Crippen LogP contribution in [0.3, 0.4) is 0 Å². The molecule has 1 amide bonds. The fourth-order valence-corrected chi connectivity index (χ4v) is 1.90. The maximum Gasteiger partial charge on any atom is 0.407 e. The zero-order valence-electron chi connectivity index (χ0n) is 12.4. The number of hydrogen-bond donors (Lipinski definition) is 3. The third-order valence-electron chi connectivity index (χ3n) is 3.08. The minimum absolute atomic E-state index is 0.0855. The quantitative estimate of drug-likeness (QED) is 0.731. The molecular weight excluding hydrogens is 296 g/mol. The summed E-state index contributed by atoms with van der Waals surface area (Å²) in [5.41, 5.74) is 1.53. The van der Waals surface area contributed by atoms with Crippen LogP contribution in [0.4, 0.5) is 10.5 Å². The number of hydrogen-bond acceptors (Lipinski definition) is 4. The average Bonchev–Trinajstić information content (AvgIpc) is 2.58. The molecule has 6 nitrogen and oxygen atoms in total. The van der Waals surface area contributed by atoms with Gasteiger partial charge in [0.2, 0.25) is 0 Å². The number of ether oxygens (including phenoxy) is 1. The maximum absolute atomic E-state index is 11.6. The lowest BCUT2D eigenvalue weighted by molar-refractivity contribution is -0.137. The standard InChI is InChI=1S/C17H18N2O4/c20-16(21)15(19-14-9-5-2-6-10-14)11-18-17(22)23-12-13-7-3-1-4-8-13/h1-10,15,19H,11-12H2,(H,18,22)(H,20,21)/t15-/m0/s1. The normalized spacial score (nSPS) is 11.3. The number of aliphatic carboxylic acids is 1. The van der Waals surface area contributed by atoms with Crippen LogP contribution in [0, 0.1) is 0 Å². The summed E-state index contributed by atoms with van der Waals surface area (Å²) in [6.45, 7) is 0.0500. The summed E-state index contributed by atoms with van der Waals surface area (Å²) in [7, 11) is 0. The van der Waals surface area contributed by atoms with Gasteiger partial charge in [-0.1, -0.05) is 48.5 Å². The average molecular weight is 314 g/mol. The van der Waals surface area contributed by atoms with E-state index in [9.17, 15) is 14.7 Å². The molecule has 0 radical (unpaired) electrons. The van der Waals surface area contributed by atoms with Crippen molar-refractivity contribution in [2.24, 2.45) is 0 Å². The van der Waals surface area contributed by atoms with Gasteiger partial charge in [0, 0.05) is 5.69 Å². The van der Waals surface area contributed by atoms with Gasteiger partial charge in [-0.3, -0.25) is 0 Å². The van der Waals surface area contributed by atoms with Crippen LogP contribution < -0.4 is 10.6 Å². The van der Waals surface area contributed by atoms with Crippen molar-refractivity contribution in [2.75, 3.05) is 11.9 Å². The van der Waals surface area contributed by atoms with E-state index in [0.717, 1.165) is 5.56 Å². The van der Waals surface area contributed by atoms with Gasteiger partial charge in [-0.2, -0.15) is 0 Å². The molecule has 0 aliphatic heterocycles. The summed E-state index contributed by atoms with van der Waals surface area (Å²) < 4.78 is 5.04. The van der Waals surface area contributed by atoms with Crippen molar-refractivity contribution >= 4 is 17.7 Å². The monoisotopic (exact) mass is 314 g/mol.